The zero-order chi connectivity index (χ0) is 7.84. The van der Waals surface area contributed by atoms with Crippen LogP contribution in [0, 0.1) is 11.8 Å². The van der Waals surface area contributed by atoms with Crippen molar-refractivity contribution in [2.24, 2.45) is 11.8 Å². The number of hydrogen-bond acceptors (Lipinski definition) is 2. The van der Waals surface area contributed by atoms with Gasteiger partial charge in [0.2, 0.25) is 5.78 Å². The average Bonchev–Trinajstić information content (AvgIpc) is 2.73. The zero-order valence-corrected chi connectivity index (χ0v) is 6.51. The van der Waals surface area contributed by atoms with E-state index in [1.54, 1.807) is 0 Å². The fourth-order valence-corrected chi connectivity index (χ4v) is 1.91. The number of carbonyl (C=O) groups is 2. The SMILES string of the molecule is O=C1CCCC[C@H]2C[C@H]2C1=O. The molecule has 0 radical (unpaired) electrons. The van der Waals surface area contributed by atoms with Crippen molar-refractivity contribution in [3.8, 4) is 0 Å². The van der Waals surface area contributed by atoms with Crippen molar-refractivity contribution < 1.29 is 9.59 Å². The summed E-state index contributed by atoms with van der Waals surface area (Å²) in [5.74, 6) is 0.529. The van der Waals surface area contributed by atoms with Gasteiger partial charge in [0.1, 0.15) is 0 Å². The van der Waals surface area contributed by atoms with E-state index in [0.717, 1.165) is 19.3 Å². The largest absolute Gasteiger partial charge is 0.291 e. The summed E-state index contributed by atoms with van der Waals surface area (Å²) in [5.41, 5.74) is 0. The summed E-state index contributed by atoms with van der Waals surface area (Å²) < 4.78 is 0. The minimum Gasteiger partial charge on any atom is -0.291 e. The Morgan fingerprint density at radius 1 is 1.18 bits per heavy atom. The highest BCUT2D eigenvalue weighted by Crippen LogP contribution is 2.44. The molecule has 2 rings (SSSR count). The van der Waals surface area contributed by atoms with Crippen LogP contribution in [0.4, 0.5) is 0 Å². The van der Waals surface area contributed by atoms with E-state index in [4.69, 9.17) is 0 Å². The van der Waals surface area contributed by atoms with E-state index in [0.29, 0.717) is 12.3 Å². The molecule has 2 heteroatoms. The van der Waals surface area contributed by atoms with Crippen LogP contribution in [0.1, 0.15) is 32.1 Å². The lowest BCUT2D eigenvalue weighted by Gasteiger charge is -2.04. The van der Waals surface area contributed by atoms with Crippen LogP contribution in [0.2, 0.25) is 0 Å². The molecule has 11 heavy (non-hydrogen) atoms. The molecule has 0 saturated heterocycles. The first kappa shape index (κ1) is 7.01. The van der Waals surface area contributed by atoms with Crippen molar-refractivity contribution in [1.82, 2.24) is 0 Å². The smallest absolute Gasteiger partial charge is 0.201 e. The van der Waals surface area contributed by atoms with Crippen molar-refractivity contribution in [2.45, 2.75) is 32.1 Å². The van der Waals surface area contributed by atoms with Gasteiger partial charge < -0.3 is 0 Å². The molecule has 2 aliphatic rings. The Bertz CT molecular complexity index is 208. The average molecular weight is 152 g/mol. The van der Waals surface area contributed by atoms with Crippen LogP contribution in [-0.2, 0) is 9.59 Å². The van der Waals surface area contributed by atoms with E-state index in [2.05, 4.69) is 0 Å². The van der Waals surface area contributed by atoms with Gasteiger partial charge in [0.05, 0.1) is 0 Å². The number of ketones is 2. The molecule has 0 unspecified atom stereocenters. The molecule has 0 N–H and O–H groups in total. The predicted octanol–water partition coefficient (Wildman–Crippen LogP) is 1.33. The maximum atomic E-state index is 11.2. The van der Waals surface area contributed by atoms with Crippen LogP contribution in [0.25, 0.3) is 0 Å². The second kappa shape index (κ2) is 2.43. The molecule has 0 aromatic carbocycles. The maximum absolute atomic E-state index is 11.2. The molecule has 0 aromatic heterocycles. The fraction of sp³-hybridized carbons (Fsp3) is 0.778. The van der Waals surface area contributed by atoms with Crippen molar-refractivity contribution >= 4 is 11.6 Å². The zero-order valence-electron chi connectivity index (χ0n) is 6.51. The second-order valence-corrected chi connectivity index (χ2v) is 3.64. The summed E-state index contributed by atoms with van der Waals surface area (Å²) >= 11 is 0. The Hall–Kier alpha value is -0.660. The van der Waals surface area contributed by atoms with Crippen molar-refractivity contribution in [3.63, 3.8) is 0 Å². The summed E-state index contributed by atoms with van der Waals surface area (Å²) in [6.07, 6.45) is 4.73. The van der Waals surface area contributed by atoms with Crippen molar-refractivity contribution in [3.05, 3.63) is 0 Å². The van der Waals surface area contributed by atoms with Gasteiger partial charge in [0, 0.05) is 12.3 Å². The standard InChI is InChI=1S/C9H12O2/c10-8-4-2-1-3-6-5-7(6)9(8)11/h6-7H,1-5H2/t6-,7+/m0/s1. The van der Waals surface area contributed by atoms with E-state index in [9.17, 15) is 9.59 Å². The molecule has 2 saturated carbocycles. The van der Waals surface area contributed by atoms with Crippen LogP contribution in [0.5, 0.6) is 0 Å². The molecule has 2 nitrogen and oxygen atoms in total. The Morgan fingerprint density at radius 2 is 2.00 bits per heavy atom. The van der Waals surface area contributed by atoms with E-state index in [-0.39, 0.29) is 17.5 Å². The van der Waals surface area contributed by atoms with Crippen LogP contribution in [-0.4, -0.2) is 11.6 Å². The van der Waals surface area contributed by atoms with E-state index in [1.807, 2.05) is 0 Å². The molecule has 0 heterocycles. The lowest BCUT2D eigenvalue weighted by Crippen LogP contribution is -2.18. The highest BCUT2D eigenvalue weighted by molar-refractivity contribution is 6.38. The normalized spacial score (nSPS) is 37.5. The Balaban J connectivity index is 2.06. The predicted molar refractivity (Wildman–Crippen MR) is 40.1 cm³/mol. The van der Waals surface area contributed by atoms with Crippen LogP contribution in [0.15, 0.2) is 0 Å². The quantitative estimate of drug-likeness (QED) is 0.491. The Morgan fingerprint density at radius 3 is 2.82 bits per heavy atom. The highest BCUT2D eigenvalue weighted by atomic mass is 16.2. The number of fused-ring (bicyclic) bond motifs is 1. The van der Waals surface area contributed by atoms with Gasteiger partial charge in [0.15, 0.2) is 5.78 Å². The van der Waals surface area contributed by atoms with Gasteiger partial charge in [-0.1, -0.05) is 6.42 Å². The van der Waals surface area contributed by atoms with Gasteiger partial charge >= 0.3 is 0 Å². The first-order chi connectivity index (χ1) is 5.29. The number of carbonyl (C=O) groups excluding carboxylic acids is 2. The first-order valence-electron chi connectivity index (χ1n) is 4.36. The Kier molecular flexibility index (Phi) is 1.55. The van der Waals surface area contributed by atoms with Gasteiger partial charge in [-0.3, -0.25) is 9.59 Å². The topological polar surface area (TPSA) is 34.1 Å². The van der Waals surface area contributed by atoms with Crippen LogP contribution in [0.3, 0.4) is 0 Å². The number of Topliss-reactive ketones (excluding diaryl/α,β-unsaturated/α-hetero) is 2. The fourth-order valence-electron chi connectivity index (χ4n) is 1.91. The minimum absolute atomic E-state index is 0.0744. The van der Waals surface area contributed by atoms with E-state index < -0.39 is 0 Å². The van der Waals surface area contributed by atoms with Gasteiger partial charge in [-0.15, -0.1) is 0 Å². The third kappa shape index (κ3) is 1.22. The molecule has 0 aliphatic heterocycles. The van der Waals surface area contributed by atoms with E-state index in [1.165, 1.54) is 6.42 Å². The van der Waals surface area contributed by atoms with Crippen molar-refractivity contribution in [1.29, 1.82) is 0 Å². The van der Waals surface area contributed by atoms with Crippen molar-refractivity contribution in [2.75, 3.05) is 0 Å². The molecular weight excluding hydrogens is 140 g/mol. The summed E-state index contributed by atoms with van der Waals surface area (Å²) in [4.78, 5) is 22.2. The number of rotatable bonds is 0. The minimum atomic E-state index is -0.114. The molecule has 60 valence electrons. The van der Waals surface area contributed by atoms with Gasteiger partial charge in [0.25, 0.3) is 0 Å². The molecule has 0 aromatic rings. The summed E-state index contributed by atoms with van der Waals surface area (Å²) in [6, 6.07) is 0. The molecule has 2 atom stereocenters. The second-order valence-electron chi connectivity index (χ2n) is 3.64. The van der Waals surface area contributed by atoms with Crippen LogP contribution >= 0.6 is 0 Å². The monoisotopic (exact) mass is 152 g/mol. The van der Waals surface area contributed by atoms with E-state index >= 15 is 0 Å². The van der Waals surface area contributed by atoms with Crippen LogP contribution < -0.4 is 0 Å². The Labute approximate surface area is 66.0 Å². The first-order valence-corrected chi connectivity index (χ1v) is 4.36. The lowest BCUT2D eigenvalue weighted by atomic mass is 9.99. The maximum Gasteiger partial charge on any atom is 0.201 e. The van der Waals surface area contributed by atoms with Gasteiger partial charge in [-0.25, -0.2) is 0 Å². The summed E-state index contributed by atoms with van der Waals surface area (Å²) in [5, 5.41) is 0. The molecule has 0 bridgehead atoms. The lowest BCUT2D eigenvalue weighted by molar-refractivity contribution is -0.137. The molecular formula is C9H12O2. The molecule has 2 fully saturated rings. The number of hydrogen-bond donors (Lipinski definition) is 0. The highest BCUT2D eigenvalue weighted by Gasteiger charge is 2.45. The third-order valence-corrected chi connectivity index (χ3v) is 2.76. The van der Waals surface area contributed by atoms with Gasteiger partial charge in [-0.05, 0) is 25.2 Å². The van der Waals surface area contributed by atoms with Gasteiger partial charge in [-0.2, -0.15) is 0 Å². The summed E-state index contributed by atoms with van der Waals surface area (Å²) in [6.45, 7) is 0. The molecule has 0 amide bonds. The molecule has 0 spiro atoms. The summed E-state index contributed by atoms with van der Waals surface area (Å²) in [7, 11) is 0. The molecule has 2 aliphatic carbocycles. The third-order valence-electron chi connectivity index (χ3n) is 2.76.